The molecule has 0 aliphatic carbocycles. The number of ketones is 1. The predicted molar refractivity (Wildman–Crippen MR) is 67.2 cm³/mol. The number of carboxylic acid groups (broad SMARTS) is 1. The number of carbonyl (C=O) groups is 2. The van der Waals surface area contributed by atoms with Crippen LogP contribution >= 0.6 is 11.6 Å². The SMILES string of the molecule is Cn1cc(C(=O)c2ccc(F)cc2Cl)cc1C(=O)O. The summed E-state index contributed by atoms with van der Waals surface area (Å²) in [6.07, 6.45) is 1.39. The van der Waals surface area contributed by atoms with Gasteiger partial charge in [-0.2, -0.15) is 0 Å². The standard InChI is InChI=1S/C13H9ClFNO3/c1-16-6-7(4-11(16)13(18)19)12(17)9-3-2-8(15)5-10(9)14/h2-6H,1H3,(H,18,19). The van der Waals surface area contributed by atoms with Crippen LogP contribution in [0.1, 0.15) is 26.4 Å². The number of aryl methyl sites for hydroxylation is 1. The third-order valence-corrected chi connectivity index (χ3v) is 2.97. The van der Waals surface area contributed by atoms with Crippen molar-refractivity contribution in [2.75, 3.05) is 0 Å². The molecule has 2 aromatic rings. The normalized spacial score (nSPS) is 10.5. The fourth-order valence-corrected chi connectivity index (χ4v) is 1.98. The van der Waals surface area contributed by atoms with Crippen LogP contribution in [-0.2, 0) is 7.05 Å². The van der Waals surface area contributed by atoms with E-state index in [0.717, 1.165) is 12.1 Å². The Morgan fingerprint density at radius 3 is 2.53 bits per heavy atom. The number of halogens is 2. The predicted octanol–water partition coefficient (Wildman–Crippen LogP) is 2.75. The number of aromatic nitrogens is 1. The number of rotatable bonds is 3. The highest BCUT2D eigenvalue weighted by molar-refractivity contribution is 6.35. The van der Waals surface area contributed by atoms with Crippen molar-refractivity contribution >= 4 is 23.4 Å². The van der Waals surface area contributed by atoms with Gasteiger partial charge in [-0.05, 0) is 24.3 Å². The van der Waals surface area contributed by atoms with Crippen molar-refractivity contribution in [1.82, 2.24) is 4.57 Å². The van der Waals surface area contributed by atoms with Gasteiger partial charge in [0.2, 0.25) is 0 Å². The Balaban J connectivity index is 2.44. The maximum atomic E-state index is 12.9. The monoisotopic (exact) mass is 281 g/mol. The van der Waals surface area contributed by atoms with Crippen molar-refractivity contribution < 1.29 is 19.1 Å². The molecular weight excluding hydrogens is 273 g/mol. The highest BCUT2D eigenvalue weighted by atomic mass is 35.5. The van der Waals surface area contributed by atoms with Crippen molar-refractivity contribution in [2.24, 2.45) is 7.05 Å². The van der Waals surface area contributed by atoms with E-state index >= 15 is 0 Å². The maximum Gasteiger partial charge on any atom is 0.352 e. The van der Waals surface area contributed by atoms with Gasteiger partial charge in [-0.15, -0.1) is 0 Å². The molecule has 0 unspecified atom stereocenters. The van der Waals surface area contributed by atoms with E-state index in [1.807, 2.05) is 0 Å². The van der Waals surface area contributed by atoms with Gasteiger partial charge < -0.3 is 9.67 Å². The van der Waals surface area contributed by atoms with Gasteiger partial charge in [0.05, 0.1) is 5.02 Å². The average molecular weight is 282 g/mol. The molecule has 0 radical (unpaired) electrons. The van der Waals surface area contributed by atoms with E-state index in [9.17, 15) is 14.0 Å². The lowest BCUT2D eigenvalue weighted by Crippen LogP contribution is -2.02. The van der Waals surface area contributed by atoms with Gasteiger partial charge in [0.1, 0.15) is 11.5 Å². The molecule has 1 aromatic carbocycles. The van der Waals surface area contributed by atoms with E-state index in [0.29, 0.717) is 0 Å². The van der Waals surface area contributed by atoms with Gasteiger partial charge >= 0.3 is 5.97 Å². The van der Waals surface area contributed by atoms with E-state index in [-0.39, 0.29) is 21.8 Å². The fraction of sp³-hybridized carbons (Fsp3) is 0.0769. The summed E-state index contributed by atoms with van der Waals surface area (Å²) in [6, 6.07) is 4.69. The second-order valence-electron chi connectivity index (χ2n) is 3.98. The van der Waals surface area contributed by atoms with Crippen LogP contribution in [0.2, 0.25) is 5.02 Å². The zero-order chi connectivity index (χ0) is 14.2. The van der Waals surface area contributed by atoms with Crippen LogP contribution in [0.25, 0.3) is 0 Å². The van der Waals surface area contributed by atoms with Gasteiger partial charge in [-0.1, -0.05) is 11.6 Å². The van der Waals surface area contributed by atoms with Crippen molar-refractivity contribution in [3.63, 3.8) is 0 Å². The second kappa shape index (κ2) is 4.85. The van der Waals surface area contributed by atoms with Crippen molar-refractivity contribution in [1.29, 1.82) is 0 Å². The summed E-state index contributed by atoms with van der Waals surface area (Å²) >= 11 is 5.80. The molecule has 0 bridgehead atoms. The topological polar surface area (TPSA) is 59.3 Å². The van der Waals surface area contributed by atoms with Gasteiger partial charge in [-0.3, -0.25) is 4.79 Å². The zero-order valence-electron chi connectivity index (χ0n) is 9.85. The first-order valence-electron chi connectivity index (χ1n) is 5.29. The van der Waals surface area contributed by atoms with Crippen LogP contribution < -0.4 is 0 Å². The van der Waals surface area contributed by atoms with Crippen LogP contribution in [0.4, 0.5) is 4.39 Å². The summed E-state index contributed by atoms with van der Waals surface area (Å²) < 4.78 is 14.2. The summed E-state index contributed by atoms with van der Waals surface area (Å²) in [5.74, 6) is -2.12. The Hall–Kier alpha value is -2.14. The summed E-state index contributed by atoms with van der Waals surface area (Å²) in [6.45, 7) is 0. The van der Waals surface area contributed by atoms with Crippen LogP contribution in [0.15, 0.2) is 30.5 Å². The van der Waals surface area contributed by atoms with E-state index in [4.69, 9.17) is 16.7 Å². The zero-order valence-corrected chi connectivity index (χ0v) is 10.6. The number of nitrogens with zero attached hydrogens (tertiary/aromatic N) is 1. The summed E-state index contributed by atoms with van der Waals surface area (Å²) in [5.41, 5.74) is 0.306. The Bertz CT molecular complexity index is 679. The number of carbonyl (C=O) groups excluding carboxylic acids is 1. The van der Waals surface area contributed by atoms with Crippen LogP contribution in [0.3, 0.4) is 0 Å². The number of benzene rings is 1. The van der Waals surface area contributed by atoms with E-state index in [1.165, 1.54) is 29.9 Å². The molecule has 1 heterocycles. The minimum absolute atomic E-state index is 0.00859. The molecule has 19 heavy (non-hydrogen) atoms. The second-order valence-corrected chi connectivity index (χ2v) is 4.39. The molecule has 0 aliphatic heterocycles. The van der Waals surface area contributed by atoms with Gasteiger partial charge in [-0.25, -0.2) is 9.18 Å². The molecule has 0 atom stereocenters. The quantitative estimate of drug-likeness (QED) is 0.880. The molecular formula is C13H9ClFNO3. The Labute approximate surface area is 113 Å². The highest BCUT2D eigenvalue weighted by Crippen LogP contribution is 2.21. The number of aromatic carboxylic acids is 1. The summed E-state index contributed by atoms with van der Waals surface area (Å²) in [4.78, 5) is 23.1. The first kappa shape index (κ1) is 13.3. The lowest BCUT2D eigenvalue weighted by atomic mass is 10.1. The maximum absolute atomic E-state index is 12.9. The minimum atomic E-state index is -1.13. The molecule has 0 spiro atoms. The smallest absolute Gasteiger partial charge is 0.352 e. The summed E-state index contributed by atoms with van der Waals surface area (Å²) in [5, 5.41) is 8.91. The molecule has 0 amide bonds. The first-order valence-corrected chi connectivity index (χ1v) is 5.67. The van der Waals surface area contributed by atoms with Crippen LogP contribution in [0.5, 0.6) is 0 Å². The molecule has 0 saturated heterocycles. The summed E-state index contributed by atoms with van der Waals surface area (Å²) in [7, 11) is 1.52. The van der Waals surface area contributed by atoms with Crippen LogP contribution in [0, 0.1) is 5.82 Å². The number of carboxylic acids is 1. The van der Waals surface area contributed by atoms with E-state index in [2.05, 4.69) is 0 Å². The van der Waals surface area contributed by atoms with E-state index < -0.39 is 17.6 Å². The van der Waals surface area contributed by atoms with Gasteiger partial charge in [0.15, 0.2) is 5.78 Å². The molecule has 0 fully saturated rings. The third-order valence-electron chi connectivity index (χ3n) is 2.66. The van der Waals surface area contributed by atoms with Crippen molar-refractivity contribution in [3.8, 4) is 0 Å². The molecule has 1 N–H and O–H groups in total. The number of hydrogen-bond acceptors (Lipinski definition) is 2. The van der Waals surface area contributed by atoms with Crippen LogP contribution in [-0.4, -0.2) is 21.4 Å². The Kier molecular flexibility index (Phi) is 3.40. The van der Waals surface area contributed by atoms with Crippen molar-refractivity contribution in [2.45, 2.75) is 0 Å². The molecule has 98 valence electrons. The third kappa shape index (κ3) is 2.51. The average Bonchev–Trinajstić information content (AvgIpc) is 2.70. The lowest BCUT2D eigenvalue weighted by molar-refractivity contribution is 0.0686. The Morgan fingerprint density at radius 1 is 1.32 bits per heavy atom. The minimum Gasteiger partial charge on any atom is -0.477 e. The Morgan fingerprint density at radius 2 is 2.00 bits per heavy atom. The van der Waals surface area contributed by atoms with E-state index in [1.54, 1.807) is 0 Å². The largest absolute Gasteiger partial charge is 0.477 e. The highest BCUT2D eigenvalue weighted by Gasteiger charge is 2.18. The number of hydrogen-bond donors (Lipinski definition) is 1. The fourth-order valence-electron chi connectivity index (χ4n) is 1.73. The first-order chi connectivity index (χ1) is 8.90. The lowest BCUT2D eigenvalue weighted by Gasteiger charge is -2.01. The molecule has 2 rings (SSSR count). The molecule has 4 nitrogen and oxygen atoms in total. The van der Waals surface area contributed by atoms with Crippen molar-refractivity contribution in [3.05, 3.63) is 58.1 Å². The molecule has 6 heteroatoms. The molecule has 1 aromatic heterocycles. The van der Waals surface area contributed by atoms with Gasteiger partial charge in [0, 0.05) is 24.4 Å². The molecule has 0 aliphatic rings. The van der Waals surface area contributed by atoms with Gasteiger partial charge in [0.25, 0.3) is 0 Å². The molecule has 0 saturated carbocycles.